The van der Waals surface area contributed by atoms with Gasteiger partial charge in [0.25, 0.3) is 11.6 Å². The van der Waals surface area contributed by atoms with Crippen molar-refractivity contribution in [1.82, 2.24) is 5.32 Å². The van der Waals surface area contributed by atoms with Gasteiger partial charge in [0.1, 0.15) is 0 Å². The number of hydrogen-bond acceptors (Lipinski definition) is 3. The van der Waals surface area contributed by atoms with Crippen molar-refractivity contribution in [2.45, 2.75) is 0 Å². The molecule has 0 saturated heterocycles. The molecular formula is C15H12N2O3. The first-order chi connectivity index (χ1) is 9.66. The van der Waals surface area contributed by atoms with Crippen LogP contribution < -0.4 is 5.32 Å². The van der Waals surface area contributed by atoms with Crippen LogP contribution in [0.3, 0.4) is 0 Å². The van der Waals surface area contributed by atoms with Crippen molar-refractivity contribution in [2.75, 3.05) is 0 Å². The summed E-state index contributed by atoms with van der Waals surface area (Å²) in [6.07, 6.45) is 3.26. The van der Waals surface area contributed by atoms with Gasteiger partial charge in [0.05, 0.1) is 4.92 Å². The van der Waals surface area contributed by atoms with E-state index in [1.54, 1.807) is 6.08 Å². The Morgan fingerprint density at radius 2 is 1.85 bits per heavy atom. The molecule has 0 bridgehead atoms. The van der Waals surface area contributed by atoms with Crippen LogP contribution in [0, 0.1) is 10.1 Å². The van der Waals surface area contributed by atoms with E-state index >= 15 is 0 Å². The molecule has 0 saturated carbocycles. The van der Waals surface area contributed by atoms with Crippen LogP contribution in [-0.4, -0.2) is 10.8 Å². The second-order valence-corrected chi connectivity index (χ2v) is 4.02. The average molecular weight is 268 g/mol. The van der Waals surface area contributed by atoms with Gasteiger partial charge in [-0.15, -0.1) is 0 Å². The fourth-order valence-corrected chi connectivity index (χ4v) is 1.62. The summed E-state index contributed by atoms with van der Waals surface area (Å²) in [6.45, 7) is 0. The molecule has 5 nitrogen and oxygen atoms in total. The zero-order valence-electron chi connectivity index (χ0n) is 10.5. The summed E-state index contributed by atoms with van der Waals surface area (Å²) in [6, 6.07) is 15.1. The van der Waals surface area contributed by atoms with Crippen LogP contribution >= 0.6 is 0 Å². The Labute approximate surface area is 115 Å². The second kappa shape index (κ2) is 6.29. The van der Waals surface area contributed by atoms with Crippen LogP contribution in [0.2, 0.25) is 0 Å². The highest BCUT2D eigenvalue weighted by Gasteiger charge is 2.09. The Hall–Kier alpha value is -2.95. The van der Waals surface area contributed by atoms with Crippen LogP contribution in [-0.2, 0) is 0 Å². The third-order valence-electron chi connectivity index (χ3n) is 2.61. The zero-order chi connectivity index (χ0) is 14.4. The fraction of sp³-hybridized carbons (Fsp3) is 0. The Morgan fingerprint density at radius 1 is 1.10 bits per heavy atom. The van der Waals surface area contributed by atoms with Gasteiger partial charge in [0.2, 0.25) is 0 Å². The van der Waals surface area contributed by atoms with Crippen molar-refractivity contribution in [3.8, 4) is 0 Å². The highest BCUT2D eigenvalue weighted by Crippen LogP contribution is 2.12. The number of nitro benzene ring substituents is 1. The number of nitro groups is 1. The summed E-state index contributed by atoms with van der Waals surface area (Å²) in [5.41, 5.74) is 1.09. The van der Waals surface area contributed by atoms with E-state index in [4.69, 9.17) is 0 Å². The molecule has 20 heavy (non-hydrogen) atoms. The molecule has 1 amide bonds. The predicted molar refractivity (Wildman–Crippen MR) is 76.0 cm³/mol. The van der Waals surface area contributed by atoms with Crippen molar-refractivity contribution in [3.05, 3.63) is 82.0 Å². The first-order valence-corrected chi connectivity index (χ1v) is 5.94. The van der Waals surface area contributed by atoms with Crippen molar-refractivity contribution in [2.24, 2.45) is 0 Å². The summed E-state index contributed by atoms with van der Waals surface area (Å²) >= 11 is 0. The molecule has 0 heterocycles. The van der Waals surface area contributed by atoms with E-state index in [0.29, 0.717) is 0 Å². The van der Waals surface area contributed by atoms with E-state index in [-0.39, 0.29) is 17.2 Å². The van der Waals surface area contributed by atoms with Gasteiger partial charge >= 0.3 is 0 Å². The summed E-state index contributed by atoms with van der Waals surface area (Å²) in [5, 5.41) is 13.2. The standard InChI is InChI=1S/C15H12N2O3/c18-15(13-7-4-8-14(11-13)17(19)20)16-10-9-12-5-2-1-3-6-12/h1-11H,(H,16,18)/b10-9-. The van der Waals surface area contributed by atoms with Crippen molar-refractivity contribution >= 4 is 17.7 Å². The number of carbonyl (C=O) groups is 1. The molecule has 0 radical (unpaired) electrons. The molecule has 0 spiro atoms. The summed E-state index contributed by atoms with van der Waals surface area (Å²) in [4.78, 5) is 21.9. The largest absolute Gasteiger partial charge is 0.329 e. The Morgan fingerprint density at radius 3 is 2.55 bits per heavy atom. The second-order valence-electron chi connectivity index (χ2n) is 4.02. The number of carbonyl (C=O) groups excluding carboxylic acids is 1. The van der Waals surface area contributed by atoms with E-state index in [0.717, 1.165) is 5.56 Å². The molecule has 0 aromatic heterocycles. The van der Waals surface area contributed by atoms with Gasteiger partial charge in [-0.05, 0) is 17.7 Å². The number of non-ortho nitro benzene ring substituents is 1. The van der Waals surface area contributed by atoms with Crippen LogP contribution in [0.1, 0.15) is 15.9 Å². The fourth-order valence-electron chi connectivity index (χ4n) is 1.62. The normalized spacial score (nSPS) is 10.4. The molecule has 5 heteroatoms. The highest BCUT2D eigenvalue weighted by atomic mass is 16.6. The lowest BCUT2D eigenvalue weighted by molar-refractivity contribution is -0.384. The molecule has 1 N–H and O–H groups in total. The monoisotopic (exact) mass is 268 g/mol. The lowest BCUT2D eigenvalue weighted by Gasteiger charge is -2.00. The Balaban J connectivity index is 2.04. The van der Waals surface area contributed by atoms with Crippen molar-refractivity contribution < 1.29 is 9.72 Å². The predicted octanol–water partition coefficient (Wildman–Crippen LogP) is 3.00. The maximum Gasteiger partial charge on any atom is 0.270 e. The minimum absolute atomic E-state index is 0.107. The molecule has 0 aliphatic carbocycles. The van der Waals surface area contributed by atoms with Gasteiger partial charge in [-0.3, -0.25) is 14.9 Å². The zero-order valence-corrected chi connectivity index (χ0v) is 10.5. The first-order valence-electron chi connectivity index (χ1n) is 5.94. The third kappa shape index (κ3) is 3.52. The maximum absolute atomic E-state index is 11.8. The van der Waals surface area contributed by atoms with E-state index in [2.05, 4.69) is 5.32 Å². The molecule has 0 atom stereocenters. The Kier molecular flexibility index (Phi) is 4.24. The number of nitrogens with zero attached hydrogens (tertiary/aromatic N) is 1. The average Bonchev–Trinajstić information content (AvgIpc) is 2.48. The molecule has 0 aliphatic heterocycles. The van der Waals surface area contributed by atoms with Crippen LogP contribution in [0.4, 0.5) is 5.69 Å². The van der Waals surface area contributed by atoms with Crippen LogP contribution in [0.25, 0.3) is 6.08 Å². The molecule has 2 aromatic rings. The number of rotatable bonds is 4. The van der Waals surface area contributed by atoms with Gasteiger partial charge in [0, 0.05) is 23.9 Å². The van der Waals surface area contributed by atoms with Crippen molar-refractivity contribution in [3.63, 3.8) is 0 Å². The molecule has 2 aromatic carbocycles. The highest BCUT2D eigenvalue weighted by molar-refractivity contribution is 5.95. The van der Waals surface area contributed by atoms with Crippen molar-refractivity contribution in [1.29, 1.82) is 0 Å². The van der Waals surface area contributed by atoms with E-state index in [1.807, 2.05) is 30.3 Å². The minimum Gasteiger partial charge on any atom is -0.329 e. The number of hydrogen-bond donors (Lipinski definition) is 1. The van der Waals surface area contributed by atoms with Gasteiger partial charge < -0.3 is 5.32 Å². The van der Waals surface area contributed by atoms with Gasteiger partial charge in [-0.1, -0.05) is 36.4 Å². The topological polar surface area (TPSA) is 72.2 Å². The SMILES string of the molecule is O=C(N/C=C\c1ccccc1)c1cccc([N+](=O)[O-])c1. The molecule has 0 aliphatic rings. The van der Waals surface area contributed by atoms with E-state index < -0.39 is 4.92 Å². The summed E-state index contributed by atoms with van der Waals surface area (Å²) in [5.74, 6) is -0.388. The smallest absolute Gasteiger partial charge is 0.270 e. The summed E-state index contributed by atoms with van der Waals surface area (Å²) < 4.78 is 0. The molecule has 100 valence electrons. The Bertz CT molecular complexity index is 651. The number of amides is 1. The minimum atomic E-state index is -0.531. The number of benzene rings is 2. The van der Waals surface area contributed by atoms with Gasteiger partial charge in [-0.2, -0.15) is 0 Å². The van der Waals surface area contributed by atoms with E-state index in [1.165, 1.54) is 30.5 Å². The molecule has 2 rings (SSSR count). The quantitative estimate of drug-likeness (QED) is 0.684. The van der Waals surface area contributed by atoms with Gasteiger partial charge in [0.15, 0.2) is 0 Å². The lowest BCUT2D eigenvalue weighted by atomic mass is 10.2. The molecule has 0 unspecified atom stereocenters. The first kappa shape index (κ1) is 13.5. The van der Waals surface area contributed by atoms with E-state index in [9.17, 15) is 14.9 Å². The third-order valence-corrected chi connectivity index (χ3v) is 2.61. The maximum atomic E-state index is 11.8. The van der Waals surface area contributed by atoms with Crippen LogP contribution in [0.15, 0.2) is 60.8 Å². The van der Waals surface area contributed by atoms with Gasteiger partial charge in [-0.25, -0.2) is 0 Å². The number of nitrogens with one attached hydrogen (secondary N) is 1. The molecule has 0 fully saturated rings. The lowest BCUT2D eigenvalue weighted by Crippen LogP contribution is -2.16. The van der Waals surface area contributed by atoms with Crippen LogP contribution in [0.5, 0.6) is 0 Å². The summed E-state index contributed by atoms with van der Waals surface area (Å²) in [7, 11) is 0. The molecular weight excluding hydrogens is 256 g/mol.